The normalized spacial score (nSPS) is 19.7. The highest BCUT2D eigenvalue weighted by molar-refractivity contribution is 5.79. The summed E-state index contributed by atoms with van der Waals surface area (Å²) >= 11 is 0. The summed E-state index contributed by atoms with van der Waals surface area (Å²) in [4.78, 5) is 12.2. The standard InChI is InChI=1S/C21H23NO4/c23-12-19(20-10-5-11-25-20)22-21(24)26-13-18-16-8-3-1-6-14(16)15-7-2-4-9-17(15)18/h1-4,6-9,18-20,23H,5,10-13H2,(H,22,24). The topological polar surface area (TPSA) is 67.8 Å². The molecule has 2 unspecified atom stereocenters. The van der Waals surface area contributed by atoms with Crippen LogP contribution in [0.25, 0.3) is 11.1 Å². The molecular formula is C21H23NO4. The highest BCUT2D eigenvalue weighted by Gasteiger charge is 2.30. The second-order valence-electron chi connectivity index (χ2n) is 6.81. The molecule has 2 aromatic carbocycles. The molecule has 1 amide bonds. The highest BCUT2D eigenvalue weighted by atomic mass is 16.5. The number of fused-ring (bicyclic) bond motifs is 3. The van der Waals surface area contributed by atoms with Crippen LogP contribution in [0.1, 0.15) is 29.9 Å². The molecule has 136 valence electrons. The van der Waals surface area contributed by atoms with E-state index in [9.17, 15) is 9.90 Å². The van der Waals surface area contributed by atoms with Crippen molar-refractivity contribution in [3.63, 3.8) is 0 Å². The average molecular weight is 353 g/mol. The van der Waals surface area contributed by atoms with Crippen molar-refractivity contribution in [1.29, 1.82) is 0 Å². The fraction of sp³-hybridized carbons (Fsp3) is 0.381. The number of ether oxygens (including phenoxy) is 2. The molecular weight excluding hydrogens is 330 g/mol. The van der Waals surface area contributed by atoms with Crippen LogP contribution in [0.3, 0.4) is 0 Å². The Morgan fingerprint density at radius 2 is 1.81 bits per heavy atom. The Kier molecular flexibility index (Phi) is 4.91. The van der Waals surface area contributed by atoms with E-state index in [1.807, 2.05) is 24.3 Å². The first-order valence-electron chi connectivity index (χ1n) is 9.12. The molecule has 2 aliphatic rings. The van der Waals surface area contributed by atoms with Gasteiger partial charge in [0.25, 0.3) is 0 Å². The van der Waals surface area contributed by atoms with Gasteiger partial charge in [0.2, 0.25) is 0 Å². The predicted octanol–water partition coefficient (Wildman–Crippen LogP) is 3.07. The first-order valence-corrected chi connectivity index (χ1v) is 9.12. The molecule has 2 N–H and O–H groups in total. The molecule has 26 heavy (non-hydrogen) atoms. The summed E-state index contributed by atoms with van der Waals surface area (Å²) < 4.78 is 11.1. The van der Waals surface area contributed by atoms with Gasteiger partial charge in [-0.2, -0.15) is 0 Å². The molecule has 0 spiro atoms. The molecule has 1 saturated heterocycles. The predicted molar refractivity (Wildman–Crippen MR) is 98.1 cm³/mol. The number of amides is 1. The molecule has 1 aliphatic heterocycles. The fourth-order valence-corrected chi connectivity index (χ4v) is 3.97. The Balaban J connectivity index is 1.43. The monoisotopic (exact) mass is 353 g/mol. The van der Waals surface area contributed by atoms with Gasteiger partial charge in [0.05, 0.1) is 18.8 Å². The lowest BCUT2D eigenvalue weighted by atomic mass is 9.98. The van der Waals surface area contributed by atoms with Gasteiger partial charge in [-0.25, -0.2) is 4.79 Å². The number of carbonyl (C=O) groups excluding carboxylic acids is 1. The summed E-state index contributed by atoms with van der Waals surface area (Å²) in [6, 6.07) is 16.0. The van der Waals surface area contributed by atoms with Crippen molar-refractivity contribution >= 4 is 6.09 Å². The summed E-state index contributed by atoms with van der Waals surface area (Å²) in [6.07, 6.45) is 1.14. The van der Waals surface area contributed by atoms with Crippen LogP contribution < -0.4 is 5.32 Å². The summed E-state index contributed by atoms with van der Waals surface area (Å²) in [7, 11) is 0. The highest BCUT2D eigenvalue weighted by Crippen LogP contribution is 2.44. The number of aliphatic hydroxyl groups excluding tert-OH is 1. The van der Waals surface area contributed by atoms with Crippen molar-refractivity contribution in [3.05, 3.63) is 59.7 Å². The Morgan fingerprint density at radius 3 is 2.38 bits per heavy atom. The molecule has 5 heteroatoms. The maximum absolute atomic E-state index is 12.2. The Labute approximate surface area is 152 Å². The van der Waals surface area contributed by atoms with Crippen LogP contribution in [-0.4, -0.2) is 43.2 Å². The van der Waals surface area contributed by atoms with Gasteiger partial charge in [0.1, 0.15) is 6.61 Å². The molecule has 0 bridgehead atoms. The van der Waals surface area contributed by atoms with Gasteiger partial charge >= 0.3 is 6.09 Å². The summed E-state index contributed by atoms with van der Waals surface area (Å²) in [5, 5.41) is 12.3. The molecule has 0 saturated carbocycles. The third kappa shape index (κ3) is 3.20. The molecule has 1 heterocycles. The molecule has 0 radical (unpaired) electrons. The van der Waals surface area contributed by atoms with Crippen molar-refractivity contribution in [2.24, 2.45) is 0 Å². The van der Waals surface area contributed by atoms with E-state index in [2.05, 4.69) is 29.6 Å². The molecule has 0 aromatic heterocycles. The average Bonchev–Trinajstić information content (AvgIpc) is 3.31. The molecule has 1 fully saturated rings. The fourth-order valence-electron chi connectivity index (χ4n) is 3.97. The van der Waals surface area contributed by atoms with Crippen molar-refractivity contribution in [3.8, 4) is 11.1 Å². The molecule has 5 nitrogen and oxygen atoms in total. The molecule has 2 aromatic rings. The quantitative estimate of drug-likeness (QED) is 0.867. The van der Waals surface area contributed by atoms with E-state index in [-0.39, 0.29) is 25.2 Å². The second-order valence-corrected chi connectivity index (χ2v) is 6.81. The number of carbonyl (C=O) groups is 1. The lowest BCUT2D eigenvalue weighted by molar-refractivity contribution is 0.0509. The van der Waals surface area contributed by atoms with E-state index < -0.39 is 12.1 Å². The van der Waals surface area contributed by atoms with E-state index in [1.165, 1.54) is 22.3 Å². The van der Waals surface area contributed by atoms with Crippen LogP contribution in [-0.2, 0) is 9.47 Å². The Bertz CT molecular complexity index is 740. The molecule has 1 aliphatic carbocycles. The summed E-state index contributed by atoms with van der Waals surface area (Å²) in [5.41, 5.74) is 4.76. The smallest absolute Gasteiger partial charge is 0.407 e. The van der Waals surface area contributed by atoms with Crippen LogP contribution in [0.5, 0.6) is 0 Å². The minimum absolute atomic E-state index is 0.0310. The number of hydrogen-bond acceptors (Lipinski definition) is 4. The minimum Gasteiger partial charge on any atom is -0.449 e. The van der Waals surface area contributed by atoms with Crippen LogP contribution in [0.15, 0.2) is 48.5 Å². The number of hydrogen-bond donors (Lipinski definition) is 2. The lowest BCUT2D eigenvalue weighted by Gasteiger charge is -2.22. The Morgan fingerprint density at radius 1 is 1.15 bits per heavy atom. The number of nitrogens with one attached hydrogen (secondary N) is 1. The zero-order valence-corrected chi connectivity index (χ0v) is 14.6. The molecule has 2 atom stereocenters. The van der Waals surface area contributed by atoms with Gasteiger partial charge in [-0.1, -0.05) is 48.5 Å². The lowest BCUT2D eigenvalue weighted by Crippen LogP contribution is -2.46. The first-order chi connectivity index (χ1) is 12.8. The maximum Gasteiger partial charge on any atom is 0.407 e. The van der Waals surface area contributed by atoms with Crippen molar-refractivity contribution in [2.75, 3.05) is 19.8 Å². The summed E-state index contributed by atoms with van der Waals surface area (Å²) in [6.45, 7) is 0.784. The number of alkyl carbamates (subject to hydrolysis) is 1. The second kappa shape index (κ2) is 7.48. The number of aliphatic hydroxyl groups is 1. The van der Waals surface area contributed by atoms with Gasteiger partial charge < -0.3 is 19.9 Å². The van der Waals surface area contributed by atoms with E-state index in [4.69, 9.17) is 9.47 Å². The van der Waals surface area contributed by atoms with E-state index >= 15 is 0 Å². The van der Waals surface area contributed by atoms with Gasteiger partial charge in [-0.05, 0) is 35.1 Å². The zero-order valence-electron chi connectivity index (χ0n) is 14.6. The van der Waals surface area contributed by atoms with E-state index in [1.54, 1.807) is 0 Å². The minimum atomic E-state index is -0.513. The Hall–Kier alpha value is -2.37. The molecule has 4 rings (SSSR count). The number of benzene rings is 2. The van der Waals surface area contributed by atoms with Crippen LogP contribution in [0, 0.1) is 0 Å². The van der Waals surface area contributed by atoms with E-state index in [0.717, 1.165) is 12.8 Å². The third-order valence-electron chi connectivity index (χ3n) is 5.26. The van der Waals surface area contributed by atoms with Crippen LogP contribution in [0.4, 0.5) is 4.79 Å². The van der Waals surface area contributed by atoms with Gasteiger partial charge in [0, 0.05) is 12.5 Å². The third-order valence-corrected chi connectivity index (χ3v) is 5.26. The summed E-state index contributed by atoms with van der Waals surface area (Å²) in [5.74, 6) is 0.0310. The SMILES string of the molecule is O=C(NC(CO)C1CCCO1)OCC1c2ccccc2-c2ccccc21. The van der Waals surface area contributed by atoms with Crippen molar-refractivity contribution in [2.45, 2.75) is 30.9 Å². The maximum atomic E-state index is 12.2. The largest absolute Gasteiger partial charge is 0.449 e. The van der Waals surface area contributed by atoms with E-state index in [0.29, 0.717) is 6.61 Å². The van der Waals surface area contributed by atoms with Crippen molar-refractivity contribution < 1.29 is 19.4 Å². The zero-order chi connectivity index (χ0) is 17.9. The van der Waals surface area contributed by atoms with Gasteiger partial charge in [-0.15, -0.1) is 0 Å². The number of rotatable bonds is 5. The van der Waals surface area contributed by atoms with Gasteiger partial charge in [0.15, 0.2) is 0 Å². The van der Waals surface area contributed by atoms with Crippen LogP contribution >= 0.6 is 0 Å². The first kappa shape index (κ1) is 17.1. The van der Waals surface area contributed by atoms with Crippen LogP contribution in [0.2, 0.25) is 0 Å². The van der Waals surface area contributed by atoms with Gasteiger partial charge in [-0.3, -0.25) is 0 Å². The van der Waals surface area contributed by atoms with Crippen molar-refractivity contribution in [1.82, 2.24) is 5.32 Å².